The van der Waals surface area contributed by atoms with E-state index in [2.05, 4.69) is 37.0 Å². The molecular weight excluding hydrogens is 139 g/mol. The van der Waals surface area contributed by atoms with Gasteiger partial charge in [-0.2, -0.15) is 0 Å². The normalized spacial score (nSPS) is 10.9. The molecule has 10 heavy (non-hydrogen) atoms. The summed E-state index contributed by atoms with van der Waals surface area (Å²) < 4.78 is 0. The Morgan fingerprint density at radius 1 is 1.20 bits per heavy atom. The Kier molecular flexibility index (Phi) is 3.46. The summed E-state index contributed by atoms with van der Waals surface area (Å²) in [6.07, 6.45) is 2.58. The van der Waals surface area contributed by atoms with Gasteiger partial charge in [-0.3, -0.25) is 0 Å². The molecule has 1 unspecified atom stereocenters. The first kappa shape index (κ1) is 7.75. The lowest BCUT2D eigenvalue weighted by Gasteiger charge is -1.96. The summed E-state index contributed by atoms with van der Waals surface area (Å²) in [7, 11) is 1.08. The summed E-state index contributed by atoms with van der Waals surface area (Å²) in [5.74, 6) is 0. The fraction of sp³-hybridized carbons (Fsp3) is 0.333. The molecule has 0 aliphatic heterocycles. The van der Waals surface area contributed by atoms with Crippen LogP contribution in [0.15, 0.2) is 30.3 Å². The maximum atomic E-state index is 2.25. The lowest BCUT2D eigenvalue weighted by molar-refractivity contribution is 1.15. The van der Waals surface area contributed by atoms with Gasteiger partial charge in [-0.1, -0.05) is 30.3 Å². The Morgan fingerprint density at radius 2 is 1.90 bits per heavy atom. The Labute approximate surface area is 64.4 Å². The molecule has 1 aromatic rings. The second-order valence-electron chi connectivity index (χ2n) is 2.34. The number of hydrogen-bond acceptors (Lipinski definition) is 0. The molecule has 0 amide bonds. The molecule has 0 bridgehead atoms. The van der Waals surface area contributed by atoms with E-state index in [1.165, 1.54) is 18.1 Å². The minimum atomic E-state index is 1.08. The summed E-state index contributed by atoms with van der Waals surface area (Å²) in [6.45, 7) is 2.25. The van der Waals surface area contributed by atoms with Crippen molar-refractivity contribution in [3.05, 3.63) is 35.9 Å². The quantitative estimate of drug-likeness (QED) is 0.584. The molecule has 1 aromatic carbocycles. The standard InChI is InChI=1S/C9H13P/c1-10-8-7-9-5-3-2-4-6-9/h2-6,10H,7-8H2,1H3. The van der Waals surface area contributed by atoms with E-state index in [-0.39, 0.29) is 0 Å². The largest absolute Gasteiger partial charge is 0.125 e. The maximum Gasteiger partial charge on any atom is -0.0242 e. The van der Waals surface area contributed by atoms with Crippen LogP contribution in [0, 0.1) is 0 Å². The maximum absolute atomic E-state index is 2.25. The lowest BCUT2D eigenvalue weighted by Crippen LogP contribution is -1.84. The summed E-state index contributed by atoms with van der Waals surface area (Å²) in [5.41, 5.74) is 1.47. The van der Waals surface area contributed by atoms with Crippen LogP contribution in [0.4, 0.5) is 0 Å². The predicted octanol–water partition coefficient (Wildman–Crippen LogP) is 2.54. The van der Waals surface area contributed by atoms with Gasteiger partial charge >= 0.3 is 0 Å². The first-order valence-corrected chi connectivity index (χ1v) is 5.32. The van der Waals surface area contributed by atoms with Crippen molar-refractivity contribution in [1.82, 2.24) is 0 Å². The smallest absolute Gasteiger partial charge is 0.0242 e. The van der Waals surface area contributed by atoms with Crippen molar-refractivity contribution < 1.29 is 0 Å². The minimum absolute atomic E-state index is 1.08. The van der Waals surface area contributed by atoms with E-state index >= 15 is 0 Å². The van der Waals surface area contributed by atoms with Crippen molar-refractivity contribution in [3.8, 4) is 0 Å². The summed E-state index contributed by atoms with van der Waals surface area (Å²) in [4.78, 5) is 0. The molecule has 0 aromatic heterocycles. The van der Waals surface area contributed by atoms with Crippen LogP contribution < -0.4 is 0 Å². The minimum Gasteiger partial charge on any atom is -0.125 e. The van der Waals surface area contributed by atoms with E-state index in [1.807, 2.05) is 0 Å². The van der Waals surface area contributed by atoms with Gasteiger partial charge in [-0.15, -0.1) is 8.58 Å². The molecule has 0 aliphatic rings. The Bertz CT molecular complexity index is 169. The zero-order valence-electron chi connectivity index (χ0n) is 6.30. The van der Waals surface area contributed by atoms with Crippen LogP contribution in [0.25, 0.3) is 0 Å². The van der Waals surface area contributed by atoms with E-state index in [1.54, 1.807) is 0 Å². The van der Waals surface area contributed by atoms with E-state index in [9.17, 15) is 0 Å². The average Bonchev–Trinajstić information content (AvgIpc) is 2.03. The molecule has 0 heterocycles. The Morgan fingerprint density at radius 3 is 2.50 bits per heavy atom. The summed E-state index contributed by atoms with van der Waals surface area (Å²) in [6, 6.07) is 10.7. The van der Waals surface area contributed by atoms with E-state index in [0.717, 1.165) is 8.58 Å². The monoisotopic (exact) mass is 152 g/mol. The van der Waals surface area contributed by atoms with Gasteiger partial charge in [0.1, 0.15) is 0 Å². The van der Waals surface area contributed by atoms with Gasteiger partial charge in [0.05, 0.1) is 0 Å². The van der Waals surface area contributed by atoms with Gasteiger partial charge in [-0.25, -0.2) is 0 Å². The van der Waals surface area contributed by atoms with Gasteiger partial charge in [0.15, 0.2) is 0 Å². The molecule has 1 heteroatoms. The van der Waals surface area contributed by atoms with Crippen molar-refractivity contribution in [2.75, 3.05) is 12.8 Å². The molecule has 1 atom stereocenters. The predicted molar refractivity (Wildman–Crippen MR) is 49.3 cm³/mol. The highest BCUT2D eigenvalue weighted by molar-refractivity contribution is 7.36. The van der Waals surface area contributed by atoms with Crippen molar-refractivity contribution in [3.63, 3.8) is 0 Å². The van der Waals surface area contributed by atoms with Crippen LogP contribution in [-0.4, -0.2) is 12.8 Å². The number of aryl methyl sites for hydroxylation is 1. The van der Waals surface area contributed by atoms with E-state index < -0.39 is 0 Å². The number of hydrogen-bond donors (Lipinski definition) is 0. The topological polar surface area (TPSA) is 0 Å². The van der Waals surface area contributed by atoms with Crippen LogP contribution in [0.1, 0.15) is 5.56 Å². The first-order valence-electron chi connectivity index (χ1n) is 3.62. The van der Waals surface area contributed by atoms with E-state index in [4.69, 9.17) is 0 Å². The highest BCUT2D eigenvalue weighted by atomic mass is 31.1. The van der Waals surface area contributed by atoms with Crippen LogP contribution in [0.5, 0.6) is 0 Å². The second-order valence-corrected chi connectivity index (χ2v) is 3.55. The summed E-state index contributed by atoms with van der Waals surface area (Å²) in [5, 5.41) is 0. The van der Waals surface area contributed by atoms with Crippen molar-refractivity contribution >= 4 is 8.58 Å². The fourth-order valence-corrected chi connectivity index (χ4v) is 1.45. The van der Waals surface area contributed by atoms with Gasteiger partial charge < -0.3 is 0 Å². The van der Waals surface area contributed by atoms with E-state index in [0.29, 0.717) is 0 Å². The molecule has 0 aliphatic carbocycles. The molecule has 54 valence electrons. The number of rotatable bonds is 3. The van der Waals surface area contributed by atoms with Crippen molar-refractivity contribution in [2.24, 2.45) is 0 Å². The van der Waals surface area contributed by atoms with Crippen molar-refractivity contribution in [1.29, 1.82) is 0 Å². The van der Waals surface area contributed by atoms with Crippen molar-refractivity contribution in [2.45, 2.75) is 6.42 Å². The Hall–Kier alpha value is -0.350. The van der Waals surface area contributed by atoms with Gasteiger partial charge in [0.25, 0.3) is 0 Å². The summed E-state index contributed by atoms with van der Waals surface area (Å²) >= 11 is 0. The molecular formula is C9H13P. The molecule has 0 radical (unpaired) electrons. The fourth-order valence-electron chi connectivity index (χ4n) is 0.914. The van der Waals surface area contributed by atoms with Crippen LogP contribution in [-0.2, 0) is 6.42 Å². The molecule has 0 fully saturated rings. The van der Waals surface area contributed by atoms with Gasteiger partial charge in [0, 0.05) is 0 Å². The zero-order chi connectivity index (χ0) is 7.23. The van der Waals surface area contributed by atoms with Crippen LogP contribution >= 0.6 is 8.58 Å². The molecule has 0 N–H and O–H groups in total. The van der Waals surface area contributed by atoms with Gasteiger partial charge in [0.2, 0.25) is 0 Å². The Balaban J connectivity index is 2.43. The average molecular weight is 152 g/mol. The third-order valence-electron chi connectivity index (χ3n) is 1.51. The number of benzene rings is 1. The van der Waals surface area contributed by atoms with Gasteiger partial charge in [-0.05, 0) is 24.8 Å². The molecule has 0 saturated heterocycles. The second kappa shape index (κ2) is 4.46. The van der Waals surface area contributed by atoms with Crippen LogP contribution in [0.2, 0.25) is 0 Å². The highest BCUT2D eigenvalue weighted by Gasteiger charge is 1.87. The first-order chi connectivity index (χ1) is 4.93. The zero-order valence-corrected chi connectivity index (χ0v) is 7.30. The third kappa shape index (κ3) is 2.49. The van der Waals surface area contributed by atoms with Crippen LogP contribution in [0.3, 0.4) is 0 Å². The molecule has 0 spiro atoms. The molecule has 0 saturated carbocycles. The SMILES string of the molecule is CPCCc1ccccc1. The molecule has 0 nitrogen and oxygen atoms in total. The highest BCUT2D eigenvalue weighted by Crippen LogP contribution is 2.07. The third-order valence-corrected chi connectivity index (χ3v) is 2.26. The molecule has 1 rings (SSSR count). The lowest BCUT2D eigenvalue weighted by atomic mass is 10.2.